The molecule has 1 heteroatoms. The van der Waals surface area contributed by atoms with E-state index in [0.717, 1.165) is 0 Å². The maximum atomic E-state index is 3.84. The molecule has 1 N–H and O–H groups in total. The van der Waals surface area contributed by atoms with Crippen LogP contribution in [-0.2, 0) is 6.42 Å². The van der Waals surface area contributed by atoms with Crippen molar-refractivity contribution >= 4 is 0 Å². The Morgan fingerprint density at radius 1 is 1.26 bits per heavy atom. The number of nitrogens with one attached hydrogen (secondary N) is 1. The van der Waals surface area contributed by atoms with Gasteiger partial charge in [-0.2, -0.15) is 0 Å². The average molecular weight is 259 g/mol. The predicted molar refractivity (Wildman–Crippen MR) is 83.4 cm³/mol. The van der Waals surface area contributed by atoms with E-state index in [9.17, 15) is 0 Å². The zero-order valence-corrected chi connectivity index (χ0v) is 13.0. The van der Waals surface area contributed by atoms with Crippen LogP contribution in [0.25, 0.3) is 0 Å². The minimum absolute atomic E-state index is 0.455. The van der Waals surface area contributed by atoms with Gasteiger partial charge < -0.3 is 5.32 Å². The summed E-state index contributed by atoms with van der Waals surface area (Å²) in [7, 11) is 0. The molecule has 106 valence electrons. The summed E-state index contributed by atoms with van der Waals surface area (Å²) in [6, 6.07) is 10.3. The molecule has 2 atom stereocenters. The van der Waals surface area contributed by atoms with E-state index in [1.807, 2.05) is 0 Å². The number of benzene rings is 1. The first kappa shape index (κ1) is 14.6. The van der Waals surface area contributed by atoms with Crippen molar-refractivity contribution in [3.63, 3.8) is 0 Å². The quantitative estimate of drug-likeness (QED) is 0.795. The zero-order valence-electron chi connectivity index (χ0n) is 13.0. The molecular weight excluding hydrogens is 230 g/mol. The minimum atomic E-state index is 0.455. The highest BCUT2D eigenvalue weighted by Gasteiger charge is 2.34. The Kier molecular flexibility index (Phi) is 4.67. The number of aryl methyl sites for hydroxylation is 1. The summed E-state index contributed by atoms with van der Waals surface area (Å²) >= 11 is 0. The van der Waals surface area contributed by atoms with Crippen LogP contribution in [0, 0.1) is 5.41 Å². The molecule has 1 saturated carbocycles. The molecule has 1 aromatic rings. The first-order chi connectivity index (χ1) is 9.03. The van der Waals surface area contributed by atoms with Crippen LogP contribution in [0.15, 0.2) is 24.3 Å². The van der Waals surface area contributed by atoms with Crippen molar-refractivity contribution in [1.82, 2.24) is 5.32 Å². The molecule has 0 aromatic heterocycles. The van der Waals surface area contributed by atoms with Crippen molar-refractivity contribution in [1.29, 1.82) is 0 Å². The molecule has 1 aliphatic carbocycles. The van der Waals surface area contributed by atoms with E-state index in [0.29, 0.717) is 17.5 Å². The minimum Gasteiger partial charge on any atom is -0.307 e. The van der Waals surface area contributed by atoms with Gasteiger partial charge in [0, 0.05) is 12.1 Å². The smallest absolute Gasteiger partial charge is 0.0294 e. The molecule has 2 rings (SSSR count). The first-order valence-electron chi connectivity index (χ1n) is 7.88. The van der Waals surface area contributed by atoms with Gasteiger partial charge in [0.25, 0.3) is 0 Å². The SMILES string of the molecule is CCCc1ccc(C(C)NC2CCCC2(C)C)cc1. The third-order valence-corrected chi connectivity index (χ3v) is 4.73. The fourth-order valence-electron chi connectivity index (χ4n) is 3.30. The molecule has 19 heavy (non-hydrogen) atoms. The average Bonchev–Trinajstić information content (AvgIpc) is 2.70. The highest BCUT2D eigenvalue weighted by atomic mass is 15.0. The lowest BCUT2D eigenvalue weighted by atomic mass is 9.86. The van der Waals surface area contributed by atoms with E-state index in [2.05, 4.69) is 57.3 Å². The van der Waals surface area contributed by atoms with Crippen LogP contribution in [0.3, 0.4) is 0 Å². The lowest BCUT2D eigenvalue weighted by Crippen LogP contribution is -2.39. The standard InChI is InChI=1S/C18H29N/c1-5-7-15-9-11-16(12-10-15)14(2)19-17-8-6-13-18(17,3)4/h9-12,14,17,19H,5-8,13H2,1-4H3. The van der Waals surface area contributed by atoms with E-state index in [-0.39, 0.29) is 0 Å². The van der Waals surface area contributed by atoms with Crippen LogP contribution >= 0.6 is 0 Å². The fourth-order valence-corrected chi connectivity index (χ4v) is 3.30. The first-order valence-corrected chi connectivity index (χ1v) is 7.88. The Bertz CT molecular complexity index is 391. The molecule has 0 radical (unpaired) electrons. The van der Waals surface area contributed by atoms with Crippen LogP contribution in [0.2, 0.25) is 0 Å². The van der Waals surface area contributed by atoms with Crippen LogP contribution in [0.5, 0.6) is 0 Å². The van der Waals surface area contributed by atoms with Gasteiger partial charge in [-0.15, -0.1) is 0 Å². The molecule has 1 aliphatic rings. The van der Waals surface area contributed by atoms with E-state index in [1.165, 1.54) is 43.2 Å². The molecule has 0 aliphatic heterocycles. The van der Waals surface area contributed by atoms with Crippen LogP contribution in [-0.4, -0.2) is 6.04 Å². The Morgan fingerprint density at radius 2 is 1.95 bits per heavy atom. The summed E-state index contributed by atoms with van der Waals surface area (Å²) in [5, 5.41) is 3.84. The van der Waals surface area contributed by atoms with Gasteiger partial charge in [-0.25, -0.2) is 0 Å². The van der Waals surface area contributed by atoms with Crippen molar-refractivity contribution in [2.24, 2.45) is 5.41 Å². The normalized spacial score (nSPS) is 23.5. The lowest BCUT2D eigenvalue weighted by Gasteiger charge is -2.31. The van der Waals surface area contributed by atoms with Crippen molar-refractivity contribution in [2.75, 3.05) is 0 Å². The second-order valence-corrected chi connectivity index (χ2v) is 6.81. The van der Waals surface area contributed by atoms with E-state index < -0.39 is 0 Å². The summed E-state index contributed by atoms with van der Waals surface area (Å²) in [6.07, 6.45) is 6.46. The topological polar surface area (TPSA) is 12.0 Å². The second kappa shape index (κ2) is 6.09. The molecule has 0 bridgehead atoms. The van der Waals surface area contributed by atoms with Crippen LogP contribution in [0.4, 0.5) is 0 Å². The third kappa shape index (κ3) is 3.60. The summed E-state index contributed by atoms with van der Waals surface area (Å²) in [5.74, 6) is 0. The van der Waals surface area contributed by atoms with Crippen molar-refractivity contribution < 1.29 is 0 Å². The maximum absolute atomic E-state index is 3.84. The van der Waals surface area contributed by atoms with Gasteiger partial charge in [-0.05, 0) is 42.7 Å². The highest BCUT2D eigenvalue weighted by molar-refractivity contribution is 5.25. The Labute approximate surface area is 118 Å². The number of rotatable bonds is 5. The molecule has 0 amide bonds. The Balaban J connectivity index is 1.97. The largest absolute Gasteiger partial charge is 0.307 e. The van der Waals surface area contributed by atoms with Crippen molar-refractivity contribution in [3.05, 3.63) is 35.4 Å². The highest BCUT2D eigenvalue weighted by Crippen LogP contribution is 2.38. The number of hydrogen-bond acceptors (Lipinski definition) is 1. The third-order valence-electron chi connectivity index (χ3n) is 4.73. The van der Waals surface area contributed by atoms with Gasteiger partial charge in [0.2, 0.25) is 0 Å². The molecule has 1 nitrogen and oxygen atoms in total. The maximum Gasteiger partial charge on any atom is 0.0294 e. The molecule has 0 saturated heterocycles. The fraction of sp³-hybridized carbons (Fsp3) is 0.667. The molecule has 0 spiro atoms. The predicted octanol–water partition coefficient (Wildman–Crippen LogP) is 4.87. The van der Waals surface area contributed by atoms with Crippen molar-refractivity contribution in [2.45, 2.75) is 71.9 Å². The Morgan fingerprint density at radius 3 is 2.47 bits per heavy atom. The van der Waals surface area contributed by atoms with Crippen LogP contribution < -0.4 is 5.32 Å². The second-order valence-electron chi connectivity index (χ2n) is 6.81. The zero-order chi connectivity index (χ0) is 13.9. The van der Waals surface area contributed by atoms with Gasteiger partial charge in [-0.1, -0.05) is 57.9 Å². The van der Waals surface area contributed by atoms with E-state index >= 15 is 0 Å². The van der Waals surface area contributed by atoms with Gasteiger partial charge in [0.1, 0.15) is 0 Å². The molecule has 1 fully saturated rings. The van der Waals surface area contributed by atoms with Crippen molar-refractivity contribution in [3.8, 4) is 0 Å². The van der Waals surface area contributed by atoms with Gasteiger partial charge >= 0.3 is 0 Å². The number of hydrogen-bond donors (Lipinski definition) is 1. The van der Waals surface area contributed by atoms with E-state index in [4.69, 9.17) is 0 Å². The van der Waals surface area contributed by atoms with Gasteiger partial charge in [-0.3, -0.25) is 0 Å². The molecular formula is C18H29N. The summed E-state index contributed by atoms with van der Waals surface area (Å²) in [4.78, 5) is 0. The molecule has 1 aromatic carbocycles. The Hall–Kier alpha value is -0.820. The summed E-state index contributed by atoms with van der Waals surface area (Å²) < 4.78 is 0. The molecule has 0 heterocycles. The lowest BCUT2D eigenvalue weighted by molar-refractivity contribution is 0.266. The van der Waals surface area contributed by atoms with Crippen LogP contribution in [0.1, 0.15) is 70.5 Å². The monoisotopic (exact) mass is 259 g/mol. The summed E-state index contributed by atoms with van der Waals surface area (Å²) in [5.41, 5.74) is 3.33. The van der Waals surface area contributed by atoms with E-state index in [1.54, 1.807) is 0 Å². The summed E-state index contributed by atoms with van der Waals surface area (Å²) in [6.45, 7) is 9.33. The molecule has 2 unspecified atom stereocenters. The van der Waals surface area contributed by atoms with Gasteiger partial charge in [0.15, 0.2) is 0 Å². The van der Waals surface area contributed by atoms with Gasteiger partial charge in [0.05, 0.1) is 0 Å².